The highest BCUT2D eigenvalue weighted by Crippen LogP contribution is 2.52. The Morgan fingerprint density at radius 1 is 0.917 bits per heavy atom. The highest BCUT2D eigenvalue weighted by molar-refractivity contribution is 7.48. The molecule has 0 fully saturated rings. The van der Waals surface area contributed by atoms with Crippen molar-refractivity contribution in [2.45, 2.75) is 72.1 Å². The van der Waals surface area contributed by atoms with Crippen molar-refractivity contribution >= 4 is 7.82 Å². The summed E-state index contributed by atoms with van der Waals surface area (Å²) in [5, 5.41) is 0. The molecule has 1 unspecified atom stereocenters. The van der Waals surface area contributed by atoms with Crippen LogP contribution in [0.2, 0.25) is 0 Å². The van der Waals surface area contributed by atoms with Crippen molar-refractivity contribution < 1.29 is 18.1 Å². The molecule has 7 heteroatoms. The largest absolute Gasteiger partial charge is 0.478 e. The fraction of sp³-hybridized carbons (Fsp3) is 0.882. The van der Waals surface area contributed by atoms with E-state index in [9.17, 15) is 4.57 Å². The van der Waals surface area contributed by atoms with Gasteiger partial charge in [-0.3, -0.25) is 9.05 Å². The van der Waals surface area contributed by atoms with Gasteiger partial charge in [-0.2, -0.15) is 0 Å². The molecule has 0 aromatic heterocycles. The van der Waals surface area contributed by atoms with E-state index in [2.05, 4.69) is 25.7 Å². The van der Waals surface area contributed by atoms with Crippen LogP contribution in [0.3, 0.4) is 0 Å². The van der Waals surface area contributed by atoms with Gasteiger partial charge in [-0.15, -0.1) is 0 Å². The van der Waals surface area contributed by atoms with Crippen LogP contribution in [0.25, 0.3) is 0 Å². The van der Waals surface area contributed by atoms with E-state index in [0.29, 0.717) is 13.2 Å². The van der Waals surface area contributed by atoms with E-state index in [1.54, 1.807) is 0 Å². The van der Waals surface area contributed by atoms with Gasteiger partial charge in [-0.05, 0) is 19.3 Å². The topological polar surface area (TPSA) is 51.2 Å². The first kappa shape index (κ1) is 21.5. The summed E-state index contributed by atoms with van der Waals surface area (Å²) < 4.78 is 29.9. The van der Waals surface area contributed by atoms with E-state index in [-0.39, 0.29) is 0 Å². The van der Waals surface area contributed by atoms with Gasteiger partial charge in [0.2, 0.25) is 6.35 Å². The molecule has 0 aliphatic carbocycles. The number of phosphoric ester groups is 1. The average Bonchev–Trinajstić information content (AvgIpc) is 2.89. The second kappa shape index (κ2) is 11.9. The number of hydrogen-bond donors (Lipinski definition) is 0. The van der Waals surface area contributed by atoms with Crippen LogP contribution in [0.15, 0.2) is 12.4 Å². The first-order valence-electron chi connectivity index (χ1n) is 9.29. The van der Waals surface area contributed by atoms with Gasteiger partial charge in [0.15, 0.2) is 0 Å². The standard InChI is InChI=1S/C17H35N2O4P/c1-5-8-11-12-19-14-13-18(4)17(19)23-24(20,21-15-9-6-2)22-16-10-7-3/h13-14,17H,5-12,15-16H2,1-4H3. The molecule has 0 N–H and O–H groups in total. The van der Waals surface area contributed by atoms with E-state index >= 15 is 0 Å². The summed E-state index contributed by atoms with van der Waals surface area (Å²) in [5.74, 6) is 0. The van der Waals surface area contributed by atoms with Crippen LogP contribution in [-0.4, -0.2) is 43.0 Å². The third-order valence-corrected chi connectivity index (χ3v) is 5.31. The van der Waals surface area contributed by atoms with Gasteiger partial charge in [-0.25, -0.2) is 9.09 Å². The molecule has 0 bridgehead atoms. The van der Waals surface area contributed by atoms with Crippen LogP contribution in [0.1, 0.15) is 65.7 Å². The van der Waals surface area contributed by atoms with E-state index < -0.39 is 14.2 Å². The zero-order valence-corrected chi connectivity index (χ0v) is 16.7. The molecule has 24 heavy (non-hydrogen) atoms. The zero-order chi connectivity index (χ0) is 17.8. The van der Waals surface area contributed by atoms with Gasteiger partial charge >= 0.3 is 7.82 Å². The van der Waals surface area contributed by atoms with Crippen LogP contribution in [-0.2, 0) is 18.1 Å². The highest BCUT2D eigenvalue weighted by atomic mass is 31.2. The van der Waals surface area contributed by atoms with Crippen LogP contribution < -0.4 is 0 Å². The van der Waals surface area contributed by atoms with Crippen LogP contribution in [0.4, 0.5) is 0 Å². The Balaban J connectivity index is 2.65. The number of hydrogen-bond acceptors (Lipinski definition) is 6. The second-order valence-electron chi connectivity index (χ2n) is 6.16. The molecule has 0 amide bonds. The van der Waals surface area contributed by atoms with Crippen molar-refractivity contribution in [1.29, 1.82) is 0 Å². The molecule has 6 nitrogen and oxygen atoms in total. The molecule has 1 atom stereocenters. The molecule has 0 spiro atoms. The van der Waals surface area contributed by atoms with Crippen LogP contribution in [0, 0.1) is 0 Å². The fourth-order valence-corrected chi connectivity index (χ4v) is 3.69. The lowest BCUT2D eigenvalue weighted by atomic mass is 10.2. The molecule has 0 aromatic rings. The van der Waals surface area contributed by atoms with Gasteiger partial charge in [-0.1, -0.05) is 46.5 Å². The minimum Gasteiger partial charge on any atom is -0.337 e. The average molecular weight is 362 g/mol. The van der Waals surface area contributed by atoms with E-state index in [4.69, 9.17) is 13.6 Å². The molecule has 142 valence electrons. The molecule has 0 radical (unpaired) electrons. The van der Waals surface area contributed by atoms with Crippen molar-refractivity contribution in [3.8, 4) is 0 Å². The minimum atomic E-state index is -3.57. The molecule has 1 aliphatic heterocycles. The molecule has 1 rings (SSSR count). The Bertz CT molecular complexity index is 392. The maximum absolute atomic E-state index is 13.0. The maximum Gasteiger partial charge on any atom is 0.478 e. The molecule has 0 saturated heterocycles. The predicted molar refractivity (Wildman–Crippen MR) is 97.3 cm³/mol. The Labute approximate surface area is 147 Å². The van der Waals surface area contributed by atoms with Gasteiger partial charge in [0.25, 0.3) is 0 Å². The summed E-state index contributed by atoms with van der Waals surface area (Å²) in [6.07, 6.45) is 10.5. The summed E-state index contributed by atoms with van der Waals surface area (Å²) in [6, 6.07) is 0. The Morgan fingerprint density at radius 2 is 1.50 bits per heavy atom. The smallest absolute Gasteiger partial charge is 0.337 e. The van der Waals surface area contributed by atoms with Gasteiger partial charge in [0, 0.05) is 26.0 Å². The zero-order valence-electron chi connectivity index (χ0n) is 15.8. The van der Waals surface area contributed by atoms with Gasteiger partial charge in [0.1, 0.15) is 0 Å². The summed E-state index contributed by atoms with van der Waals surface area (Å²) in [5.41, 5.74) is 0. The van der Waals surface area contributed by atoms with Crippen LogP contribution in [0.5, 0.6) is 0 Å². The van der Waals surface area contributed by atoms with E-state index in [1.807, 2.05) is 24.3 Å². The maximum atomic E-state index is 13.0. The highest BCUT2D eigenvalue weighted by Gasteiger charge is 2.36. The third kappa shape index (κ3) is 7.56. The number of rotatable bonds is 14. The quantitative estimate of drug-likeness (QED) is 0.322. The lowest BCUT2D eigenvalue weighted by Gasteiger charge is -2.32. The van der Waals surface area contributed by atoms with Crippen molar-refractivity contribution in [1.82, 2.24) is 9.80 Å². The molecular formula is C17H35N2O4P. The van der Waals surface area contributed by atoms with Gasteiger partial charge in [0.05, 0.1) is 13.2 Å². The van der Waals surface area contributed by atoms with Crippen molar-refractivity contribution in [2.75, 3.05) is 26.8 Å². The fourth-order valence-electron chi connectivity index (χ4n) is 2.29. The predicted octanol–water partition coefficient (Wildman–Crippen LogP) is 4.94. The van der Waals surface area contributed by atoms with E-state index in [1.165, 1.54) is 6.42 Å². The normalized spacial score (nSPS) is 17.9. The Hall–Kier alpha value is -0.550. The van der Waals surface area contributed by atoms with Crippen molar-refractivity contribution in [2.24, 2.45) is 0 Å². The molecule has 0 aromatic carbocycles. The number of phosphoric acid groups is 1. The SMILES string of the molecule is CCCCCN1C=CN(C)C1OP(=O)(OCCCC)OCCCC. The first-order valence-corrected chi connectivity index (χ1v) is 10.8. The lowest BCUT2D eigenvalue weighted by molar-refractivity contribution is -0.0463. The Kier molecular flexibility index (Phi) is 10.7. The lowest BCUT2D eigenvalue weighted by Crippen LogP contribution is -2.39. The van der Waals surface area contributed by atoms with E-state index in [0.717, 1.165) is 45.1 Å². The molecular weight excluding hydrogens is 327 g/mol. The monoisotopic (exact) mass is 362 g/mol. The summed E-state index contributed by atoms with van der Waals surface area (Å²) in [7, 11) is -1.66. The number of nitrogens with zero attached hydrogens (tertiary/aromatic N) is 2. The molecule has 0 saturated carbocycles. The summed E-state index contributed by atoms with van der Waals surface area (Å²) in [6.45, 7) is 7.95. The number of unbranched alkanes of at least 4 members (excludes halogenated alkanes) is 4. The summed E-state index contributed by atoms with van der Waals surface area (Å²) in [4.78, 5) is 3.94. The summed E-state index contributed by atoms with van der Waals surface area (Å²) >= 11 is 0. The van der Waals surface area contributed by atoms with Crippen LogP contribution >= 0.6 is 7.82 Å². The first-order chi connectivity index (χ1) is 11.6. The Morgan fingerprint density at radius 3 is 2.04 bits per heavy atom. The van der Waals surface area contributed by atoms with Crippen molar-refractivity contribution in [3.63, 3.8) is 0 Å². The molecule has 1 heterocycles. The molecule has 1 aliphatic rings. The van der Waals surface area contributed by atoms with Gasteiger partial charge < -0.3 is 9.80 Å². The minimum absolute atomic E-state index is 0.388. The second-order valence-corrected chi connectivity index (χ2v) is 7.78. The third-order valence-electron chi connectivity index (χ3n) is 3.86. The van der Waals surface area contributed by atoms with Crippen molar-refractivity contribution in [3.05, 3.63) is 12.4 Å².